The molecule has 0 aliphatic rings. The summed E-state index contributed by atoms with van der Waals surface area (Å²) in [6.45, 7) is -0.00208. The van der Waals surface area contributed by atoms with Crippen molar-refractivity contribution >= 4 is 11.6 Å². The lowest BCUT2D eigenvalue weighted by Gasteiger charge is -2.08. The summed E-state index contributed by atoms with van der Waals surface area (Å²) in [4.78, 5) is 0. The second kappa shape index (κ2) is 5.54. The molecule has 18 heavy (non-hydrogen) atoms. The van der Waals surface area contributed by atoms with Crippen LogP contribution >= 0.6 is 11.6 Å². The third-order valence-corrected chi connectivity index (χ3v) is 2.69. The Morgan fingerprint density at radius 1 is 1.17 bits per heavy atom. The fraction of sp³-hybridized carbons (Fsp3) is 0.0714. The molecule has 2 aromatic rings. The van der Waals surface area contributed by atoms with Crippen LogP contribution in [0.1, 0.15) is 11.1 Å². The number of ether oxygens (including phenoxy) is 1. The highest BCUT2D eigenvalue weighted by Crippen LogP contribution is 2.30. The van der Waals surface area contributed by atoms with Crippen molar-refractivity contribution in [3.8, 4) is 17.6 Å². The number of hydrogen-bond acceptors (Lipinski definition) is 3. The Balaban J connectivity index is 2.20. The molecular weight excluding hydrogens is 250 g/mol. The first-order chi connectivity index (χ1) is 8.72. The zero-order valence-electron chi connectivity index (χ0n) is 9.43. The van der Waals surface area contributed by atoms with Gasteiger partial charge in [0.2, 0.25) is 0 Å². The molecule has 0 radical (unpaired) electrons. The van der Waals surface area contributed by atoms with Gasteiger partial charge in [0.15, 0.2) is 0 Å². The zero-order chi connectivity index (χ0) is 13.0. The average Bonchev–Trinajstić information content (AvgIpc) is 2.42. The van der Waals surface area contributed by atoms with E-state index < -0.39 is 0 Å². The van der Waals surface area contributed by atoms with Gasteiger partial charge in [0.25, 0.3) is 0 Å². The number of rotatable bonds is 3. The number of hydrogen-bond donors (Lipinski definition) is 1. The summed E-state index contributed by atoms with van der Waals surface area (Å²) in [5.74, 6) is 1.12. The monoisotopic (exact) mass is 259 g/mol. The summed E-state index contributed by atoms with van der Waals surface area (Å²) in [6.07, 6.45) is 0. The van der Waals surface area contributed by atoms with Crippen LogP contribution in [0.2, 0.25) is 5.02 Å². The molecule has 0 spiro atoms. The minimum atomic E-state index is -0.00208. The summed E-state index contributed by atoms with van der Waals surface area (Å²) < 4.78 is 5.59. The number of halogens is 1. The molecule has 0 bridgehead atoms. The van der Waals surface area contributed by atoms with Crippen LogP contribution in [-0.2, 0) is 6.61 Å². The number of benzene rings is 2. The topological polar surface area (TPSA) is 53.2 Å². The zero-order valence-corrected chi connectivity index (χ0v) is 10.2. The van der Waals surface area contributed by atoms with Crippen molar-refractivity contribution in [1.29, 1.82) is 5.26 Å². The van der Waals surface area contributed by atoms with E-state index in [2.05, 4.69) is 0 Å². The lowest BCUT2D eigenvalue weighted by atomic mass is 10.2. The van der Waals surface area contributed by atoms with E-state index in [4.69, 9.17) is 26.7 Å². The standard InChI is InChI=1S/C14H10ClNO2/c15-13-7-11(8-16)3-6-14(13)18-12-4-1-10(9-17)2-5-12/h1-7,17H,9H2. The minimum absolute atomic E-state index is 0.00208. The van der Waals surface area contributed by atoms with Gasteiger partial charge in [-0.2, -0.15) is 5.26 Å². The molecule has 4 heteroatoms. The van der Waals surface area contributed by atoms with Crippen molar-refractivity contribution < 1.29 is 9.84 Å². The second-order valence-corrected chi connectivity index (χ2v) is 4.07. The molecule has 0 unspecified atom stereocenters. The molecule has 0 atom stereocenters. The summed E-state index contributed by atoms with van der Waals surface area (Å²) in [7, 11) is 0. The molecule has 0 fully saturated rings. The van der Waals surface area contributed by atoms with E-state index in [0.717, 1.165) is 5.56 Å². The number of nitrogens with zero attached hydrogens (tertiary/aromatic N) is 1. The smallest absolute Gasteiger partial charge is 0.146 e. The molecule has 0 aliphatic carbocycles. The Hall–Kier alpha value is -2.02. The Morgan fingerprint density at radius 3 is 2.44 bits per heavy atom. The summed E-state index contributed by atoms with van der Waals surface area (Å²) in [5.41, 5.74) is 1.30. The van der Waals surface area contributed by atoms with Gasteiger partial charge >= 0.3 is 0 Å². The van der Waals surface area contributed by atoms with E-state index in [1.165, 1.54) is 0 Å². The quantitative estimate of drug-likeness (QED) is 0.918. The molecule has 0 amide bonds. The van der Waals surface area contributed by atoms with Crippen LogP contribution in [0.3, 0.4) is 0 Å². The third kappa shape index (κ3) is 2.80. The summed E-state index contributed by atoms with van der Waals surface area (Å²) in [5, 5.41) is 18.0. The fourth-order valence-electron chi connectivity index (χ4n) is 1.44. The SMILES string of the molecule is N#Cc1ccc(Oc2ccc(CO)cc2)c(Cl)c1. The first-order valence-corrected chi connectivity index (χ1v) is 5.68. The molecule has 3 nitrogen and oxygen atoms in total. The van der Waals surface area contributed by atoms with Gasteiger partial charge in [-0.15, -0.1) is 0 Å². The predicted octanol–water partition coefficient (Wildman–Crippen LogP) is 3.50. The highest BCUT2D eigenvalue weighted by molar-refractivity contribution is 6.32. The van der Waals surface area contributed by atoms with Crippen molar-refractivity contribution in [3.05, 3.63) is 58.6 Å². The maximum Gasteiger partial charge on any atom is 0.146 e. The van der Waals surface area contributed by atoms with Crippen LogP contribution in [-0.4, -0.2) is 5.11 Å². The van der Waals surface area contributed by atoms with Crippen LogP contribution in [0.15, 0.2) is 42.5 Å². The Kier molecular flexibility index (Phi) is 3.83. The summed E-state index contributed by atoms with van der Waals surface area (Å²) >= 11 is 6.00. The van der Waals surface area contributed by atoms with E-state index in [0.29, 0.717) is 22.1 Å². The highest BCUT2D eigenvalue weighted by Gasteiger charge is 2.04. The van der Waals surface area contributed by atoms with E-state index in [1.54, 1.807) is 42.5 Å². The van der Waals surface area contributed by atoms with Crippen molar-refractivity contribution in [2.45, 2.75) is 6.61 Å². The van der Waals surface area contributed by atoms with Crippen LogP contribution in [0.5, 0.6) is 11.5 Å². The van der Waals surface area contributed by atoms with Gasteiger partial charge in [0.1, 0.15) is 11.5 Å². The third-order valence-electron chi connectivity index (χ3n) is 2.39. The van der Waals surface area contributed by atoms with E-state index in [1.807, 2.05) is 6.07 Å². The molecule has 1 N–H and O–H groups in total. The highest BCUT2D eigenvalue weighted by atomic mass is 35.5. The van der Waals surface area contributed by atoms with E-state index in [9.17, 15) is 0 Å². The molecule has 0 saturated heterocycles. The number of aliphatic hydroxyl groups is 1. The van der Waals surface area contributed by atoms with Gasteiger partial charge in [-0.25, -0.2) is 0 Å². The first-order valence-electron chi connectivity index (χ1n) is 5.30. The van der Waals surface area contributed by atoms with Crippen LogP contribution in [0.4, 0.5) is 0 Å². The van der Waals surface area contributed by atoms with Crippen LogP contribution in [0.25, 0.3) is 0 Å². The predicted molar refractivity (Wildman–Crippen MR) is 68.6 cm³/mol. The molecule has 90 valence electrons. The van der Waals surface area contributed by atoms with Crippen LogP contribution in [0, 0.1) is 11.3 Å². The maximum atomic E-state index is 8.93. The molecular formula is C14H10ClNO2. The van der Waals surface area contributed by atoms with E-state index >= 15 is 0 Å². The van der Waals surface area contributed by atoms with Gasteiger partial charge in [0.05, 0.1) is 23.3 Å². The van der Waals surface area contributed by atoms with Gasteiger partial charge in [-0.3, -0.25) is 0 Å². The normalized spacial score (nSPS) is 9.83. The summed E-state index contributed by atoms with van der Waals surface area (Å²) in [6, 6.07) is 13.9. The average molecular weight is 260 g/mol. The molecule has 2 rings (SSSR count). The molecule has 2 aromatic carbocycles. The minimum Gasteiger partial charge on any atom is -0.456 e. The fourth-order valence-corrected chi connectivity index (χ4v) is 1.66. The maximum absolute atomic E-state index is 8.93. The van der Waals surface area contributed by atoms with E-state index in [-0.39, 0.29) is 6.61 Å². The molecule has 0 aliphatic heterocycles. The molecule has 0 saturated carbocycles. The Labute approximate surface area is 110 Å². The first kappa shape index (κ1) is 12.4. The van der Waals surface area contributed by atoms with Crippen molar-refractivity contribution in [2.75, 3.05) is 0 Å². The molecule has 0 aromatic heterocycles. The van der Waals surface area contributed by atoms with Gasteiger partial charge in [-0.05, 0) is 35.9 Å². The largest absolute Gasteiger partial charge is 0.456 e. The Bertz CT molecular complexity index is 588. The van der Waals surface area contributed by atoms with Gasteiger partial charge < -0.3 is 9.84 Å². The van der Waals surface area contributed by atoms with Crippen molar-refractivity contribution in [1.82, 2.24) is 0 Å². The van der Waals surface area contributed by atoms with Gasteiger partial charge in [-0.1, -0.05) is 23.7 Å². The lowest BCUT2D eigenvalue weighted by Crippen LogP contribution is -1.87. The van der Waals surface area contributed by atoms with Crippen molar-refractivity contribution in [3.63, 3.8) is 0 Å². The second-order valence-electron chi connectivity index (χ2n) is 3.66. The lowest BCUT2D eigenvalue weighted by molar-refractivity contribution is 0.281. The van der Waals surface area contributed by atoms with Gasteiger partial charge in [0, 0.05) is 0 Å². The number of nitriles is 1. The molecule has 0 heterocycles. The Morgan fingerprint density at radius 2 is 1.89 bits per heavy atom. The van der Waals surface area contributed by atoms with Crippen LogP contribution < -0.4 is 4.74 Å². The van der Waals surface area contributed by atoms with Crippen molar-refractivity contribution in [2.24, 2.45) is 0 Å². The number of aliphatic hydroxyl groups excluding tert-OH is 1.